The Morgan fingerprint density at radius 2 is 1.91 bits per heavy atom. The highest BCUT2D eigenvalue weighted by Crippen LogP contribution is 2.33. The van der Waals surface area contributed by atoms with Crippen LogP contribution in [0.25, 0.3) is 0 Å². The fourth-order valence-corrected chi connectivity index (χ4v) is 4.17. The largest absolute Gasteiger partial charge is 0.481 e. The number of hydrogen-bond acceptors (Lipinski definition) is 5. The predicted molar refractivity (Wildman–Crippen MR) is 126 cm³/mol. The second kappa shape index (κ2) is 10.2. The van der Waals surface area contributed by atoms with E-state index in [1.54, 1.807) is 12.1 Å². The molecule has 0 fully saturated rings. The molecule has 1 heterocycles. The van der Waals surface area contributed by atoms with Gasteiger partial charge >= 0.3 is 5.97 Å². The molecule has 0 unspecified atom stereocenters. The number of fused-ring (bicyclic) bond motifs is 1. The van der Waals surface area contributed by atoms with E-state index < -0.39 is 5.97 Å². The fraction of sp³-hybridized carbons (Fsp3) is 0.231. The molecule has 6 nitrogen and oxygen atoms in total. The molecule has 0 spiro atoms. The van der Waals surface area contributed by atoms with Crippen LogP contribution in [0.1, 0.15) is 28.3 Å². The number of nitrogens with one attached hydrogen (secondary N) is 3. The molecule has 4 rings (SSSR count). The summed E-state index contributed by atoms with van der Waals surface area (Å²) < 4.78 is 14.0. The topological polar surface area (TPSA) is 97.2 Å². The molecular formula is C26H25FN4O2. The van der Waals surface area contributed by atoms with Gasteiger partial charge in [0.2, 0.25) is 0 Å². The molecule has 1 aliphatic rings. The van der Waals surface area contributed by atoms with Gasteiger partial charge in [0, 0.05) is 6.54 Å². The second-order valence-corrected chi connectivity index (χ2v) is 8.10. The van der Waals surface area contributed by atoms with Crippen LogP contribution < -0.4 is 16.0 Å². The number of aliphatic carboxylic acids is 1. The maximum Gasteiger partial charge on any atom is 0.307 e. The van der Waals surface area contributed by atoms with Crippen molar-refractivity contribution < 1.29 is 14.3 Å². The van der Waals surface area contributed by atoms with Crippen molar-refractivity contribution in [2.75, 3.05) is 23.7 Å². The lowest BCUT2D eigenvalue weighted by molar-refractivity contribution is -0.136. The van der Waals surface area contributed by atoms with E-state index in [2.05, 4.69) is 22.0 Å². The Bertz CT molecular complexity index is 1170. The Morgan fingerprint density at radius 3 is 2.64 bits per heavy atom. The molecule has 0 aromatic heterocycles. The average Bonchev–Trinajstić information content (AvgIpc) is 2.82. The zero-order valence-corrected chi connectivity index (χ0v) is 18.0. The summed E-state index contributed by atoms with van der Waals surface area (Å²) in [6, 6.07) is 21.6. The minimum absolute atomic E-state index is 0.00663. The minimum Gasteiger partial charge on any atom is -0.481 e. The van der Waals surface area contributed by atoms with Gasteiger partial charge in [-0.1, -0.05) is 42.5 Å². The van der Waals surface area contributed by atoms with E-state index in [-0.39, 0.29) is 24.3 Å². The molecular weight excluding hydrogens is 419 g/mol. The first-order chi connectivity index (χ1) is 16.0. The van der Waals surface area contributed by atoms with Gasteiger partial charge in [0.05, 0.1) is 35.4 Å². The summed E-state index contributed by atoms with van der Waals surface area (Å²) in [5.74, 6) is -1.15. The molecule has 0 saturated carbocycles. The van der Waals surface area contributed by atoms with Crippen molar-refractivity contribution in [1.29, 1.82) is 5.26 Å². The van der Waals surface area contributed by atoms with Crippen LogP contribution in [0.15, 0.2) is 66.7 Å². The molecule has 3 aromatic rings. The van der Waals surface area contributed by atoms with Gasteiger partial charge in [-0.3, -0.25) is 4.79 Å². The Labute approximate surface area is 192 Å². The predicted octanol–water partition coefficient (Wildman–Crippen LogP) is 4.10. The molecule has 3 aromatic carbocycles. The molecule has 2 atom stereocenters. The van der Waals surface area contributed by atoms with Gasteiger partial charge in [0.1, 0.15) is 11.9 Å². The molecule has 1 aliphatic heterocycles. The van der Waals surface area contributed by atoms with Crippen LogP contribution in [-0.2, 0) is 17.6 Å². The molecule has 7 heteroatoms. The van der Waals surface area contributed by atoms with Crippen LogP contribution in [0.3, 0.4) is 0 Å². The van der Waals surface area contributed by atoms with E-state index >= 15 is 0 Å². The summed E-state index contributed by atoms with van der Waals surface area (Å²) in [4.78, 5) is 10.9. The Balaban J connectivity index is 1.49. The second-order valence-electron chi connectivity index (χ2n) is 8.10. The molecule has 0 bridgehead atoms. The summed E-state index contributed by atoms with van der Waals surface area (Å²) in [7, 11) is 0. The Kier molecular flexibility index (Phi) is 6.86. The standard InChI is InChI=1S/C26H25FN4O2/c27-21-5-1-3-19(14-21)25(23-16-30-22-6-2-4-20(15-28)26(22)31-23)29-12-11-17-7-9-18(10-8-17)13-24(32)33/h1-10,14,23,25,29-31H,11-13,16H2,(H,32,33)/t23-,25-/m1/s1. The van der Waals surface area contributed by atoms with Crippen LogP contribution in [-0.4, -0.2) is 30.2 Å². The van der Waals surface area contributed by atoms with Crippen molar-refractivity contribution in [3.8, 4) is 6.07 Å². The summed E-state index contributed by atoms with van der Waals surface area (Å²) in [5.41, 5.74) is 4.87. The van der Waals surface area contributed by atoms with Gasteiger partial charge in [-0.2, -0.15) is 5.26 Å². The zero-order valence-electron chi connectivity index (χ0n) is 18.0. The van der Waals surface area contributed by atoms with Crippen molar-refractivity contribution >= 4 is 17.3 Å². The van der Waals surface area contributed by atoms with Gasteiger partial charge in [-0.25, -0.2) is 4.39 Å². The van der Waals surface area contributed by atoms with E-state index in [0.717, 1.165) is 34.5 Å². The Hall–Kier alpha value is -3.89. The number of hydrogen-bond donors (Lipinski definition) is 4. The highest BCUT2D eigenvalue weighted by atomic mass is 19.1. The van der Waals surface area contributed by atoms with Gasteiger partial charge in [0.15, 0.2) is 0 Å². The van der Waals surface area contributed by atoms with E-state index in [1.807, 2.05) is 42.5 Å². The van der Waals surface area contributed by atoms with Crippen molar-refractivity contribution in [2.45, 2.75) is 24.9 Å². The third-order valence-corrected chi connectivity index (χ3v) is 5.79. The van der Waals surface area contributed by atoms with Crippen LogP contribution in [0.5, 0.6) is 0 Å². The third-order valence-electron chi connectivity index (χ3n) is 5.79. The van der Waals surface area contributed by atoms with Crippen LogP contribution in [0, 0.1) is 17.1 Å². The number of rotatable bonds is 8. The van der Waals surface area contributed by atoms with Crippen molar-refractivity contribution in [1.82, 2.24) is 5.32 Å². The van der Waals surface area contributed by atoms with E-state index in [9.17, 15) is 14.4 Å². The lowest BCUT2D eigenvalue weighted by Gasteiger charge is -2.35. The smallest absolute Gasteiger partial charge is 0.307 e. The number of anilines is 2. The first kappa shape index (κ1) is 22.3. The van der Waals surface area contributed by atoms with Crippen molar-refractivity contribution in [3.05, 3.63) is 94.8 Å². The number of halogens is 1. The van der Waals surface area contributed by atoms with Crippen LogP contribution in [0.4, 0.5) is 15.8 Å². The average molecular weight is 445 g/mol. The number of nitrogens with zero attached hydrogens (tertiary/aromatic N) is 1. The molecule has 0 radical (unpaired) electrons. The molecule has 0 amide bonds. The highest BCUT2D eigenvalue weighted by Gasteiger charge is 2.28. The number of para-hydroxylation sites is 1. The lowest BCUT2D eigenvalue weighted by Crippen LogP contribution is -2.44. The molecule has 168 valence electrons. The van der Waals surface area contributed by atoms with Gasteiger partial charge in [0.25, 0.3) is 0 Å². The van der Waals surface area contributed by atoms with E-state index in [0.29, 0.717) is 18.7 Å². The number of carbonyl (C=O) groups is 1. The lowest BCUT2D eigenvalue weighted by atomic mass is 9.95. The molecule has 0 saturated heterocycles. The summed E-state index contributed by atoms with van der Waals surface area (Å²) >= 11 is 0. The summed E-state index contributed by atoms with van der Waals surface area (Å²) in [6.45, 7) is 1.25. The van der Waals surface area contributed by atoms with Gasteiger partial charge in [-0.15, -0.1) is 0 Å². The summed E-state index contributed by atoms with van der Waals surface area (Å²) in [5, 5.41) is 28.8. The molecule has 4 N–H and O–H groups in total. The first-order valence-corrected chi connectivity index (χ1v) is 10.9. The Morgan fingerprint density at radius 1 is 1.15 bits per heavy atom. The monoisotopic (exact) mass is 444 g/mol. The number of benzene rings is 3. The van der Waals surface area contributed by atoms with E-state index in [1.165, 1.54) is 12.1 Å². The number of carboxylic acid groups (broad SMARTS) is 1. The first-order valence-electron chi connectivity index (χ1n) is 10.9. The van der Waals surface area contributed by atoms with Crippen molar-refractivity contribution in [2.24, 2.45) is 0 Å². The number of carboxylic acids is 1. The minimum atomic E-state index is -0.850. The van der Waals surface area contributed by atoms with Gasteiger partial charge in [-0.05, 0) is 53.9 Å². The third kappa shape index (κ3) is 5.48. The quantitative estimate of drug-likeness (QED) is 0.418. The van der Waals surface area contributed by atoms with Crippen LogP contribution >= 0.6 is 0 Å². The van der Waals surface area contributed by atoms with Crippen LogP contribution in [0.2, 0.25) is 0 Å². The maximum absolute atomic E-state index is 14.0. The normalized spacial score (nSPS) is 15.5. The van der Waals surface area contributed by atoms with Gasteiger partial charge < -0.3 is 21.1 Å². The van der Waals surface area contributed by atoms with E-state index in [4.69, 9.17) is 5.11 Å². The SMILES string of the molecule is N#Cc1cccc2c1N[C@@H]([C@H](NCCc1ccc(CC(=O)O)cc1)c1cccc(F)c1)CN2. The highest BCUT2D eigenvalue weighted by molar-refractivity contribution is 5.77. The van der Waals surface area contributed by atoms with Crippen molar-refractivity contribution in [3.63, 3.8) is 0 Å². The number of nitriles is 1. The fourth-order valence-electron chi connectivity index (χ4n) is 4.17. The maximum atomic E-state index is 14.0. The summed E-state index contributed by atoms with van der Waals surface area (Å²) in [6.07, 6.45) is 0.742. The zero-order chi connectivity index (χ0) is 23.2. The molecule has 33 heavy (non-hydrogen) atoms. The molecule has 0 aliphatic carbocycles.